The zero-order valence-corrected chi connectivity index (χ0v) is 22.9. The van der Waals surface area contributed by atoms with E-state index < -0.39 is 61.2 Å². The van der Waals surface area contributed by atoms with Crippen molar-refractivity contribution in [3.8, 4) is 11.9 Å². The van der Waals surface area contributed by atoms with Crippen molar-refractivity contribution in [1.29, 1.82) is 5.26 Å². The average molecular weight is 569 g/mol. The lowest BCUT2D eigenvalue weighted by Crippen LogP contribution is -2.63. The van der Waals surface area contributed by atoms with Gasteiger partial charge in [0.05, 0.1) is 0 Å². The van der Waals surface area contributed by atoms with E-state index in [0.29, 0.717) is 5.56 Å². The predicted octanol–water partition coefficient (Wildman–Crippen LogP) is 1.95. The van der Waals surface area contributed by atoms with Crippen molar-refractivity contribution in [2.45, 2.75) is 65.3 Å². The first kappa shape index (κ1) is 30.7. The van der Waals surface area contributed by atoms with Crippen LogP contribution in [-0.4, -0.2) is 72.0 Å². The summed E-state index contributed by atoms with van der Waals surface area (Å²) in [5, 5.41) is 9.93. The maximum absolute atomic E-state index is 13.0. The van der Waals surface area contributed by atoms with Gasteiger partial charge in [-0.1, -0.05) is 30.3 Å². The standard InChI is InChI=1S/C28H28N2O11/c1-14-20(11-29)27(30-12-21(14)23(35)19-9-7-6-8-10-19)41-28-26(39-18(5)34)25(38-17(4)33)24(37-16(3)32)22(40-28)13-36-15(2)31/h6-10,12,22,24-26,28H,13H2,1-5H3/t22-,24+,25+,26-,28+/m1/s1. The number of aromatic nitrogens is 1. The Bertz CT molecular complexity index is 1370. The number of ether oxygens (including phenoxy) is 6. The maximum Gasteiger partial charge on any atom is 0.303 e. The van der Waals surface area contributed by atoms with Crippen LogP contribution in [0.25, 0.3) is 0 Å². The average Bonchev–Trinajstić information content (AvgIpc) is 2.90. The van der Waals surface area contributed by atoms with Gasteiger partial charge in [-0.15, -0.1) is 0 Å². The molecule has 5 atom stereocenters. The Labute approximate surface area is 235 Å². The Balaban J connectivity index is 2.05. The van der Waals surface area contributed by atoms with Crippen molar-refractivity contribution < 1.29 is 52.4 Å². The van der Waals surface area contributed by atoms with Gasteiger partial charge < -0.3 is 28.4 Å². The number of hydrogen-bond acceptors (Lipinski definition) is 13. The molecule has 0 saturated carbocycles. The van der Waals surface area contributed by atoms with Crippen LogP contribution in [0.5, 0.6) is 5.88 Å². The van der Waals surface area contributed by atoms with Crippen LogP contribution in [0.15, 0.2) is 36.5 Å². The van der Waals surface area contributed by atoms with Crippen LogP contribution in [0.4, 0.5) is 0 Å². The highest BCUT2D eigenvalue weighted by molar-refractivity contribution is 6.10. The third-order valence-corrected chi connectivity index (χ3v) is 5.87. The summed E-state index contributed by atoms with van der Waals surface area (Å²) in [5.74, 6) is -3.75. The van der Waals surface area contributed by atoms with Gasteiger partial charge in [0, 0.05) is 45.0 Å². The van der Waals surface area contributed by atoms with Gasteiger partial charge in [-0.05, 0) is 12.5 Å². The molecule has 1 aliphatic heterocycles. The SMILES string of the molecule is CC(=O)OC[C@H]1O[C@@H](Oc2ncc(C(=O)c3ccccc3)c(C)c2C#N)[C@H](OC(C)=O)[C@@H](OC(C)=O)[C@H]1OC(C)=O. The smallest absolute Gasteiger partial charge is 0.303 e. The van der Waals surface area contributed by atoms with Crippen LogP contribution in [0.3, 0.4) is 0 Å². The third-order valence-electron chi connectivity index (χ3n) is 5.87. The van der Waals surface area contributed by atoms with Crippen molar-refractivity contribution in [3.05, 3.63) is 58.8 Å². The van der Waals surface area contributed by atoms with Gasteiger partial charge in [-0.3, -0.25) is 24.0 Å². The molecular weight excluding hydrogens is 540 g/mol. The van der Waals surface area contributed by atoms with Crippen molar-refractivity contribution in [1.82, 2.24) is 4.98 Å². The summed E-state index contributed by atoms with van der Waals surface area (Å²) in [4.78, 5) is 64.7. The number of nitriles is 1. The second kappa shape index (κ2) is 13.5. The van der Waals surface area contributed by atoms with Crippen molar-refractivity contribution in [2.24, 2.45) is 0 Å². The minimum atomic E-state index is -1.59. The van der Waals surface area contributed by atoms with E-state index in [1.54, 1.807) is 30.3 Å². The molecule has 1 aliphatic rings. The molecule has 0 radical (unpaired) electrons. The summed E-state index contributed by atoms with van der Waals surface area (Å²) in [5.41, 5.74) is 0.688. The van der Waals surface area contributed by atoms with Gasteiger partial charge in [-0.2, -0.15) is 5.26 Å². The van der Waals surface area contributed by atoms with Crippen LogP contribution in [-0.2, 0) is 42.9 Å². The Morgan fingerprint density at radius 1 is 0.878 bits per heavy atom. The van der Waals surface area contributed by atoms with Crippen LogP contribution in [0.2, 0.25) is 0 Å². The quantitative estimate of drug-likeness (QED) is 0.244. The molecule has 1 aromatic carbocycles. The largest absolute Gasteiger partial charge is 0.463 e. The van der Waals surface area contributed by atoms with E-state index in [-0.39, 0.29) is 28.4 Å². The molecule has 0 amide bonds. The Kier molecular flexibility index (Phi) is 10.1. The highest BCUT2D eigenvalue weighted by Crippen LogP contribution is 2.32. The summed E-state index contributed by atoms with van der Waals surface area (Å²) < 4.78 is 32.9. The van der Waals surface area contributed by atoms with E-state index in [4.69, 9.17) is 28.4 Å². The minimum Gasteiger partial charge on any atom is -0.463 e. The Morgan fingerprint density at radius 3 is 2.02 bits per heavy atom. The highest BCUT2D eigenvalue weighted by atomic mass is 16.7. The van der Waals surface area contributed by atoms with Gasteiger partial charge in [0.2, 0.25) is 18.3 Å². The summed E-state index contributed by atoms with van der Waals surface area (Å²) in [6, 6.07) is 10.4. The molecule has 0 aliphatic carbocycles. The topological polar surface area (TPSA) is 177 Å². The fourth-order valence-corrected chi connectivity index (χ4v) is 4.17. The number of benzene rings is 1. The van der Waals surface area contributed by atoms with Gasteiger partial charge in [0.1, 0.15) is 24.3 Å². The first-order valence-electron chi connectivity index (χ1n) is 12.4. The molecule has 2 heterocycles. The molecule has 13 nitrogen and oxygen atoms in total. The number of pyridine rings is 1. The summed E-state index contributed by atoms with van der Waals surface area (Å²) >= 11 is 0. The number of hydrogen-bond donors (Lipinski definition) is 0. The van der Waals surface area contributed by atoms with Crippen LogP contribution < -0.4 is 4.74 Å². The van der Waals surface area contributed by atoms with Crippen molar-refractivity contribution in [3.63, 3.8) is 0 Å². The highest BCUT2D eigenvalue weighted by Gasteiger charge is 2.53. The molecule has 216 valence electrons. The zero-order valence-electron chi connectivity index (χ0n) is 22.9. The molecule has 0 spiro atoms. The van der Waals surface area contributed by atoms with E-state index in [9.17, 15) is 29.2 Å². The van der Waals surface area contributed by atoms with Gasteiger partial charge in [0.25, 0.3) is 0 Å². The molecular formula is C28H28N2O11. The van der Waals surface area contributed by atoms with E-state index in [2.05, 4.69) is 4.98 Å². The fourth-order valence-electron chi connectivity index (χ4n) is 4.17. The molecule has 1 aromatic heterocycles. The fraction of sp³-hybridized carbons (Fsp3) is 0.393. The number of esters is 4. The van der Waals surface area contributed by atoms with Gasteiger partial charge in [0.15, 0.2) is 18.0 Å². The number of rotatable bonds is 9. The third kappa shape index (κ3) is 7.64. The normalized spacial score (nSPS) is 21.5. The number of carbonyl (C=O) groups excluding carboxylic acids is 5. The van der Waals surface area contributed by atoms with Crippen LogP contribution >= 0.6 is 0 Å². The number of carbonyl (C=O) groups is 5. The number of nitrogens with zero attached hydrogens (tertiary/aromatic N) is 2. The second-order valence-corrected chi connectivity index (χ2v) is 8.97. The lowest BCUT2D eigenvalue weighted by molar-refractivity contribution is -0.289. The molecule has 1 saturated heterocycles. The van der Waals surface area contributed by atoms with Crippen LogP contribution in [0, 0.1) is 18.3 Å². The monoisotopic (exact) mass is 568 g/mol. The van der Waals surface area contributed by atoms with Crippen LogP contribution in [0.1, 0.15) is 54.7 Å². The predicted molar refractivity (Wildman–Crippen MR) is 136 cm³/mol. The molecule has 13 heteroatoms. The van der Waals surface area contributed by atoms with Crippen molar-refractivity contribution >= 4 is 29.7 Å². The Morgan fingerprint density at radius 2 is 1.46 bits per heavy atom. The summed E-state index contributed by atoms with van der Waals surface area (Å²) in [6.07, 6.45) is -5.99. The minimum absolute atomic E-state index is 0.111. The molecule has 1 fully saturated rings. The lowest BCUT2D eigenvalue weighted by Gasteiger charge is -2.43. The van der Waals surface area contributed by atoms with E-state index >= 15 is 0 Å². The molecule has 0 unspecified atom stereocenters. The van der Waals surface area contributed by atoms with E-state index in [0.717, 1.165) is 27.7 Å². The zero-order chi connectivity index (χ0) is 30.3. The van der Waals surface area contributed by atoms with Gasteiger partial charge >= 0.3 is 23.9 Å². The first-order chi connectivity index (χ1) is 19.4. The van der Waals surface area contributed by atoms with Gasteiger partial charge in [-0.25, -0.2) is 4.98 Å². The Hall–Kier alpha value is -4.83. The first-order valence-corrected chi connectivity index (χ1v) is 12.4. The van der Waals surface area contributed by atoms with Crippen molar-refractivity contribution in [2.75, 3.05) is 6.61 Å². The summed E-state index contributed by atoms with van der Waals surface area (Å²) in [7, 11) is 0. The molecule has 0 bridgehead atoms. The molecule has 0 N–H and O–H groups in total. The molecule has 3 rings (SSSR count). The maximum atomic E-state index is 13.0. The lowest BCUT2D eigenvalue weighted by atomic mass is 9.97. The molecule has 41 heavy (non-hydrogen) atoms. The van der Waals surface area contributed by atoms with E-state index in [1.807, 2.05) is 6.07 Å². The second-order valence-electron chi connectivity index (χ2n) is 8.97. The molecule has 2 aromatic rings. The number of ketones is 1. The summed E-state index contributed by atoms with van der Waals surface area (Å²) in [6.45, 7) is 5.49. The van der Waals surface area contributed by atoms with E-state index in [1.165, 1.54) is 13.1 Å².